The molecule has 0 unspecified atom stereocenters. The summed E-state index contributed by atoms with van der Waals surface area (Å²) in [6, 6.07) is 0. The summed E-state index contributed by atoms with van der Waals surface area (Å²) in [5.74, 6) is 1.07. The Balaban J connectivity index is 1.90. The van der Waals surface area contributed by atoms with Gasteiger partial charge in [-0.25, -0.2) is 0 Å². The van der Waals surface area contributed by atoms with Gasteiger partial charge in [0.25, 0.3) is 0 Å². The first-order valence-corrected chi connectivity index (χ1v) is 6.04. The molecule has 2 heterocycles. The number of nitrogens with zero attached hydrogens (tertiary/aromatic N) is 4. The molecule has 0 aliphatic rings. The van der Waals surface area contributed by atoms with Crippen LogP contribution in [-0.2, 0) is 6.54 Å². The molecule has 0 aliphatic heterocycles. The number of hydrogen-bond donors (Lipinski definition) is 2. The lowest BCUT2D eigenvalue weighted by molar-refractivity contribution is 0.344. The molecule has 2 rings (SSSR count). The van der Waals surface area contributed by atoms with E-state index in [0.29, 0.717) is 24.7 Å². The Hall–Kier alpha value is -1.83. The van der Waals surface area contributed by atoms with Crippen molar-refractivity contribution in [3.8, 4) is 5.75 Å². The van der Waals surface area contributed by atoms with E-state index >= 15 is 0 Å². The predicted octanol–water partition coefficient (Wildman–Crippen LogP) is 0.828. The Kier molecular flexibility index (Phi) is 3.76. The minimum absolute atomic E-state index is 0.431. The molecular weight excluding hydrogens is 240 g/mol. The van der Waals surface area contributed by atoms with Crippen molar-refractivity contribution < 1.29 is 4.74 Å². The van der Waals surface area contributed by atoms with E-state index < -0.39 is 0 Å². The van der Waals surface area contributed by atoms with E-state index in [4.69, 9.17) is 10.5 Å². The maximum absolute atomic E-state index is 5.70. The summed E-state index contributed by atoms with van der Waals surface area (Å²) in [5, 5.41) is 11.7. The molecule has 2 aromatic rings. The third-order valence-electron chi connectivity index (χ3n) is 2.06. The van der Waals surface area contributed by atoms with E-state index in [1.165, 1.54) is 11.5 Å². The maximum atomic E-state index is 5.70. The Morgan fingerprint density at radius 1 is 1.59 bits per heavy atom. The lowest BCUT2D eigenvalue weighted by Gasteiger charge is -2.07. The molecule has 0 aromatic carbocycles. The first-order valence-electron chi connectivity index (χ1n) is 5.27. The second kappa shape index (κ2) is 5.48. The molecule has 0 radical (unpaired) electrons. The third kappa shape index (κ3) is 2.84. The number of rotatable bonds is 6. The van der Waals surface area contributed by atoms with E-state index in [9.17, 15) is 0 Å². The molecule has 0 aliphatic carbocycles. The van der Waals surface area contributed by atoms with E-state index in [-0.39, 0.29) is 0 Å². The van der Waals surface area contributed by atoms with Gasteiger partial charge in [-0.1, -0.05) is 5.21 Å². The zero-order valence-electron chi connectivity index (χ0n) is 9.46. The van der Waals surface area contributed by atoms with Crippen molar-refractivity contribution in [2.75, 3.05) is 24.2 Å². The van der Waals surface area contributed by atoms with Gasteiger partial charge in [0.2, 0.25) is 0 Å². The molecule has 0 saturated heterocycles. The first-order chi connectivity index (χ1) is 8.31. The van der Waals surface area contributed by atoms with Gasteiger partial charge in [0.1, 0.15) is 0 Å². The molecule has 0 saturated carbocycles. The summed E-state index contributed by atoms with van der Waals surface area (Å²) in [7, 11) is 0. The number of nitrogen functional groups attached to an aromatic ring is 1. The van der Waals surface area contributed by atoms with Crippen LogP contribution in [-0.4, -0.2) is 32.5 Å². The molecule has 8 heteroatoms. The number of anilines is 2. The highest BCUT2D eigenvalue weighted by atomic mass is 32.1. The second-order valence-electron chi connectivity index (χ2n) is 3.25. The van der Waals surface area contributed by atoms with Crippen molar-refractivity contribution in [3.63, 3.8) is 0 Å². The Labute approximate surface area is 103 Å². The van der Waals surface area contributed by atoms with Gasteiger partial charge in [0, 0.05) is 12.7 Å². The fraction of sp³-hybridized carbons (Fsp3) is 0.444. The van der Waals surface area contributed by atoms with Crippen molar-refractivity contribution in [2.45, 2.75) is 13.5 Å². The monoisotopic (exact) mass is 254 g/mol. The van der Waals surface area contributed by atoms with Gasteiger partial charge in [-0.15, -0.1) is 5.10 Å². The highest BCUT2D eigenvalue weighted by molar-refractivity contribution is 7.11. The van der Waals surface area contributed by atoms with Gasteiger partial charge >= 0.3 is 0 Å². The first kappa shape index (κ1) is 11.6. The van der Waals surface area contributed by atoms with Crippen LogP contribution in [0.2, 0.25) is 0 Å². The SMILES string of the molecule is CCOc1c(N)nsc1NCCn1ccnn1. The van der Waals surface area contributed by atoms with Gasteiger partial charge in [-0.05, 0) is 18.5 Å². The van der Waals surface area contributed by atoms with Gasteiger partial charge in [0.15, 0.2) is 16.6 Å². The predicted molar refractivity (Wildman–Crippen MR) is 66.2 cm³/mol. The van der Waals surface area contributed by atoms with Crippen LogP contribution in [0, 0.1) is 0 Å². The van der Waals surface area contributed by atoms with Crippen molar-refractivity contribution >= 4 is 22.4 Å². The molecule has 7 nitrogen and oxygen atoms in total. The summed E-state index contributed by atoms with van der Waals surface area (Å²) in [6.45, 7) is 3.92. The van der Waals surface area contributed by atoms with Crippen LogP contribution in [0.5, 0.6) is 5.75 Å². The maximum Gasteiger partial charge on any atom is 0.197 e. The van der Waals surface area contributed by atoms with Crippen LogP contribution in [0.4, 0.5) is 10.8 Å². The van der Waals surface area contributed by atoms with Gasteiger partial charge in [-0.3, -0.25) is 4.68 Å². The standard InChI is InChI=1S/C9H14N6OS/c1-2-16-7-8(10)13-17-9(7)11-3-5-15-6-4-12-14-15/h4,6,11H,2-3,5H2,1H3,(H2,10,13). The smallest absolute Gasteiger partial charge is 0.197 e. The number of ether oxygens (including phenoxy) is 1. The number of aromatic nitrogens is 4. The zero-order valence-corrected chi connectivity index (χ0v) is 10.3. The van der Waals surface area contributed by atoms with E-state index in [1.807, 2.05) is 13.1 Å². The molecule has 3 N–H and O–H groups in total. The number of nitrogens with two attached hydrogens (primary N) is 1. The van der Waals surface area contributed by atoms with Crippen LogP contribution in [0.15, 0.2) is 12.4 Å². The fourth-order valence-electron chi connectivity index (χ4n) is 1.33. The molecule has 0 bridgehead atoms. The molecule has 0 amide bonds. The average Bonchev–Trinajstić information content (AvgIpc) is 2.93. The summed E-state index contributed by atoms with van der Waals surface area (Å²) < 4.78 is 11.2. The summed E-state index contributed by atoms with van der Waals surface area (Å²) >= 11 is 1.30. The second-order valence-corrected chi connectivity index (χ2v) is 4.03. The van der Waals surface area contributed by atoms with Gasteiger partial charge in [-0.2, -0.15) is 4.37 Å². The average molecular weight is 254 g/mol. The molecule has 0 spiro atoms. The van der Waals surface area contributed by atoms with Crippen LogP contribution in [0.1, 0.15) is 6.92 Å². The van der Waals surface area contributed by atoms with Crippen molar-refractivity contribution in [1.29, 1.82) is 0 Å². The van der Waals surface area contributed by atoms with Crippen molar-refractivity contribution in [2.24, 2.45) is 0 Å². The summed E-state index contributed by atoms with van der Waals surface area (Å²) in [5.41, 5.74) is 5.70. The highest BCUT2D eigenvalue weighted by Crippen LogP contribution is 2.34. The minimum atomic E-state index is 0.431. The van der Waals surface area contributed by atoms with Crippen molar-refractivity contribution in [3.05, 3.63) is 12.4 Å². The van der Waals surface area contributed by atoms with E-state index in [2.05, 4.69) is 20.0 Å². The number of hydrogen-bond acceptors (Lipinski definition) is 7. The van der Waals surface area contributed by atoms with Crippen LogP contribution in [0.25, 0.3) is 0 Å². The topological polar surface area (TPSA) is 90.9 Å². The largest absolute Gasteiger partial charge is 0.487 e. The quantitative estimate of drug-likeness (QED) is 0.793. The fourth-order valence-corrected chi connectivity index (χ4v) is 2.01. The molecule has 17 heavy (non-hydrogen) atoms. The van der Waals surface area contributed by atoms with E-state index in [1.54, 1.807) is 10.9 Å². The molecule has 92 valence electrons. The van der Waals surface area contributed by atoms with Crippen LogP contribution >= 0.6 is 11.5 Å². The number of nitrogens with one attached hydrogen (secondary N) is 1. The molecule has 0 fully saturated rings. The van der Waals surface area contributed by atoms with Crippen LogP contribution < -0.4 is 15.8 Å². The molecular formula is C9H14N6OS. The third-order valence-corrected chi connectivity index (χ3v) is 2.86. The normalized spacial score (nSPS) is 10.4. The highest BCUT2D eigenvalue weighted by Gasteiger charge is 2.11. The lowest BCUT2D eigenvalue weighted by atomic mass is 10.5. The summed E-state index contributed by atoms with van der Waals surface area (Å²) in [4.78, 5) is 0. The Morgan fingerprint density at radius 3 is 3.18 bits per heavy atom. The van der Waals surface area contributed by atoms with Gasteiger partial charge < -0.3 is 15.8 Å². The minimum Gasteiger partial charge on any atom is -0.487 e. The Bertz CT molecular complexity index is 454. The van der Waals surface area contributed by atoms with E-state index in [0.717, 1.165) is 11.5 Å². The van der Waals surface area contributed by atoms with Crippen LogP contribution in [0.3, 0.4) is 0 Å². The lowest BCUT2D eigenvalue weighted by Crippen LogP contribution is -2.11. The molecule has 2 aromatic heterocycles. The summed E-state index contributed by atoms with van der Waals surface area (Å²) in [6.07, 6.45) is 3.46. The van der Waals surface area contributed by atoms with Crippen molar-refractivity contribution in [1.82, 2.24) is 19.4 Å². The Morgan fingerprint density at radius 2 is 2.47 bits per heavy atom. The molecule has 0 atom stereocenters. The zero-order chi connectivity index (χ0) is 12.1. The van der Waals surface area contributed by atoms with Gasteiger partial charge in [0.05, 0.1) is 19.3 Å².